The molecule has 0 radical (unpaired) electrons. The summed E-state index contributed by atoms with van der Waals surface area (Å²) >= 11 is 0. The van der Waals surface area contributed by atoms with E-state index in [1.165, 1.54) is 16.7 Å². The first-order valence-corrected chi connectivity index (χ1v) is 12.5. The molecule has 1 aromatic heterocycles. The summed E-state index contributed by atoms with van der Waals surface area (Å²) < 4.78 is 15.2. The summed E-state index contributed by atoms with van der Waals surface area (Å²) in [6.07, 6.45) is 1.08. The summed E-state index contributed by atoms with van der Waals surface area (Å²) in [6.45, 7) is 24.5. The summed E-state index contributed by atoms with van der Waals surface area (Å²) in [4.78, 5) is 6.08. The fourth-order valence-corrected chi connectivity index (χ4v) is 2.78. The fraction of sp³-hybridized carbons (Fsp3) is 0.483. The molecule has 0 fully saturated rings. The molecule has 0 saturated carbocycles. The third-order valence-electron chi connectivity index (χ3n) is 3.95. The van der Waals surface area contributed by atoms with E-state index in [9.17, 15) is 4.39 Å². The molecule has 0 aliphatic carbocycles. The predicted octanol–water partition coefficient (Wildman–Crippen LogP) is 8.79. The Hall–Kier alpha value is -3.06. The van der Waals surface area contributed by atoms with Crippen LogP contribution in [0.15, 0.2) is 36.4 Å². The molecule has 3 rings (SSSR count). The monoisotopic (exact) mass is 502 g/mol. The van der Waals surface area contributed by atoms with Gasteiger partial charge in [0.2, 0.25) is 5.62 Å². The third-order valence-corrected chi connectivity index (χ3v) is 3.95. The molecule has 2 aromatic carbocycles. The van der Waals surface area contributed by atoms with Gasteiger partial charge in [-0.25, -0.2) is 4.39 Å². The van der Waals surface area contributed by atoms with Crippen LogP contribution in [0.5, 0.6) is 0 Å². The molecule has 0 unspecified atom stereocenters. The van der Waals surface area contributed by atoms with Crippen molar-refractivity contribution in [2.75, 3.05) is 11.9 Å². The minimum Gasteiger partial charge on any atom is -0.344 e. The van der Waals surface area contributed by atoms with Crippen molar-refractivity contribution in [1.82, 2.24) is 15.7 Å². The molecular formula is C29H51FN6. The van der Waals surface area contributed by atoms with Crippen molar-refractivity contribution in [3.8, 4) is 0 Å². The Morgan fingerprint density at radius 2 is 1.39 bits per heavy atom. The number of aryl methyl sites for hydroxylation is 2. The second-order valence-electron chi connectivity index (χ2n) is 8.82. The number of rotatable bonds is 3. The molecule has 7 heteroatoms. The summed E-state index contributed by atoms with van der Waals surface area (Å²) in [5, 5.41) is 16.5. The normalized spacial score (nSPS) is 9.39. The maximum Gasteiger partial charge on any atom is 0.229 e. The van der Waals surface area contributed by atoms with Gasteiger partial charge in [-0.3, -0.25) is 15.4 Å². The van der Waals surface area contributed by atoms with E-state index in [0.29, 0.717) is 16.9 Å². The van der Waals surface area contributed by atoms with Crippen molar-refractivity contribution in [3.05, 3.63) is 59.0 Å². The first-order chi connectivity index (χ1) is 16.4. The van der Waals surface area contributed by atoms with Crippen LogP contribution in [0.25, 0.3) is 10.9 Å². The standard InChI is InChI=1S/C18H18FN5.C5H12.3C2H6.H3N/c1-11-4-5-15-16(8-11)24(10-20)18(21)22-17(15)23(3)14-7-12(2)6-13(19)9-14;1-5(2,3)4;3*1-2;/h4-10,20-21H,1-3H3;1-4H3;3*1-2H3;1H3. The van der Waals surface area contributed by atoms with E-state index in [1.807, 2.05) is 79.7 Å². The lowest BCUT2D eigenvalue weighted by Crippen LogP contribution is -2.26. The van der Waals surface area contributed by atoms with E-state index in [-0.39, 0.29) is 17.6 Å². The van der Waals surface area contributed by atoms with Crippen LogP contribution < -0.4 is 16.7 Å². The van der Waals surface area contributed by atoms with Crippen molar-refractivity contribution in [1.29, 1.82) is 10.8 Å². The Morgan fingerprint density at radius 3 is 1.83 bits per heavy atom. The minimum atomic E-state index is -0.311. The van der Waals surface area contributed by atoms with Crippen LogP contribution in [0.3, 0.4) is 0 Å². The highest BCUT2D eigenvalue weighted by Crippen LogP contribution is 2.29. The summed E-state index contributed by atoms with van der Waals surface area (Å²) in [6, 6.07) is 10.6. The Balaban J connectivity index is -0.000000787. The first-order valence-electron chi connectivity index (χ1n) is 12.5. The zero-order chi connectivity index (χ0) is 27.9. The van der Waals surface area contributed by atoms with Crippen LogP contribution in [-0.4, -0.2) is 22.9 Å². The molecule has 0 aliphatic rings. The van der Waals surface area contributed by atoms with E-state index in [1.54, 1.807) is 11.9 Å². The molecule has 0 amide bonds. The van der Waals surface area contributed by atoms with E-state index in [0.717, 1.165) is 28.4 Å². The van der Waals surface area contributed by atoms with Crippen molar-refractivity contribution in [3.63, 3.8) is 0 Å². The van der Waals surface area contributed by atoms with Gasteiger partial charge in [-0.05, 0) is 60.7 Å². The van der Waals surface area contributed by atoms with Gasteiger partial charge in [0.05, 0.1) is 11.9 Å². The molecule has 6 nitrogen and oxygen atoms in total. The van der Waals surface area contributed by atoms with E-state index < -0.39 is 0 Å². The van der Waals surface area contributed by atoms with Crippen LogP contribution >= 0.6 is 0 Å². The largest absolute Gasteiger partial charge is 0.344 e. The average molecular weight is 503 g/mol. The van der Waals surface area contributed by atoms with Gasteiger partial charge in [-0.15, -0.1) is 0 Å². The second kappa shape index (κ2) is 18.2. The van der Waals surface area contributed by atoms with Crippen molar-refractivity contribution in [2.24, 2.45) is 5.41 Å². The molecule has 204 valence electrons. The number of aromatic nitrogens is 2. The smallest absolute Gasteiger partial charge is 0.229 e. The Labute approximate surface area is 219 Å². The second-order valence-corrected chi connectivity index (χ2v) is 8.82. The molecule has 0 bridgehead atoms. The maximum atomic E-state index is 13.8. The zero-order valence-corrected chi connectivity index (χ0v) is 25.0. The Kier molecular flexibility index (Phi) is 19.0. The van der Waals surface area contributed by atoms with Gasteiger partial charge in [0, 0.05) is 18.1 Å². The van der Waals surface area contributed by atoms with Gasteiger partial charge in [-0.2, -0.15) is 4.98 Å². The SMILES string of the molecule is CC.CC.CC.CC(C)(C)C.Cc1cc(F)cc(N(C)c2nc(=N)n(C=N)c3cc(C)ccc23)c1.N. The van der Waals surface area contributed by atoms with Crippen LogP contribution in [0.1, 0.15) is 80.4 Å². The van der Waals surface area contributed by atoms with Crippen molar-refractivity contribution < 1.29 is 4.39 Å². The molecule has 5 N–H and O–H groups in total. The first kappa shape index (κ1) is 37.5. The van der Waals surface area contributed by atoms with Gasteiger partial charge in [-0.1, -0.05) is 75.3 Å². The van der Waals surface area contributed by atoms with Gasteiger partial charge < -0.3 is 11.1 Å². The lowest BCUT2D eigenvalue weighted by Gasteiger charge is -2.21. The molecule has 0 aliphatic heterocycles. The van der Waals surface area contributed by atoms with Crippen molar-refractivity contribution in [2.45, 2.75) is 83.1 Å². The number of hydrogen-bond donors (Lipinski definition) is 3. The van der Waals surface area contributed by atoms with Crippen LogP contribution in [-0.2, 0) is 0 Å². The number of halogens is 1. The highest BCUT2D eigenvalue weighted by molar-refractivity contribution is 5.94. The Bertz CT molecular complexity index is 1070. The van der Waals surface area contributed by atoms with Gasteiger partial charge >= 0.3 is 0 Å². The molecule has 36 heavy (non-hydrogen) atoms. The molecule has 0 spiro atoms. The van der Waals surface area contributed by atoms with Gasteiger partial charge in [0.15, 0.2) is 0 Å². The highest BCUT2D eigenvalue weighted by Gasteiger charge is 2.14. The topological polar surface area (TPSA) is 104 Å². The minimum absolute atomic E-state index is 0. The summed E-state index contributed by atoms with van der Waals surface area (Å²) in [5.74, 6) is 0.242. The molecule has 0 atom stereocenters. The van der Waals surface area contributed by atoms with E-state index >= 15 is 0 Å². The van der Waals surface area contributed by atoms with Crippen LogP contribution in [0.2, 0.25) is 0 Å². The predicted molar refractivity (Wildman–Crippen MR) is 158 cm³/mol. The molecule has 0 saturated heterocycles. The number of nitrogens with one attached hydrogen (secondary N) is 2. The third kappa shape index (κ3) is 12.1. The fourth-order valence-electron chi connectivity index (χ4n) is 2.78. The highest BCUT2D eigenvalue weighted by atomic mass is 19.1. The summed E-state index contributed by atoms with van der Waals surface area (Å²) in [7, 11) is 1.80. The maximum absolute atomic E-state index is 13.8. The van der Waals surface area contributed by atoms with E-state index in [4.69, 9.17) is 10.8 Å². The van der Waals surface area contributed by atoms with Crippen molar-refractivity contribution >= 4 is 28.7 Å². The zero-order valence-electron chi connectivity index (χ0n) is 25.0. The number of nitrogens with zero attached hydrogens (tertiary/aromatic N) is 3. The van der Waals surface area contributed by atoms with Gasteiger partial charge in [0.25, 0.3) is 0 Å². The van der Waals surface area contributed by atoms with Crippen LogP contribution in [0.4, 0.5) is 15.9 Å². The lowest BCUT2D eigenvalue weighted by atomic mass is 10.0. The lowest BCUT2D eigenvalue weighted by molar-refractivity contribution is 0.469. The number of hydrogen-bond acceptors (Lipinski definition) is 5. The number of fused-ring (bicyclic) bond motifs is 1. The average Bonchev–Trinajstić information content (AvgIpc) is 2.80. The molecule has 3 aromatic rings. The quantitative estimate of drug-likeness (QED) is 0.246. The van der Waals surface area contributed by atoms with Gasteiger partial charge in [0.1, 0.15) is 11.6 Å². The Morgan fingerprint density at radius 1 is 0.889 bits per heavy atom. The molecule has 1 heterocycles. The summed E-state index contributed by atoms with van der Waals surface area (Å²) in [5.41, 5.74) is 3.68. The van der Waals surface area contributed by atoms with E-state index in [2.05, 4.69) is 32.7 Å². The number of anilines is 2. The van der Waals surface area contributed by atoms with Crippen LogP contribution in [0, 0.1) is 35.9 Å². The number of benzene rings is 2. The molecular weight excluding hydrogens is 451 g/mol.